The zero-order valence-corrected chi connectivity index (χ0v) is 15.6. The summed E-state index contributed by atoms with van der Waals surface area (Å²) in [6, 6.07) is 8.50. The molecule has 2 rings (SSSR count). The van der Waals surface area contributed by atoms with E-state index in [9.17, 15) is 25.2 Å². The van der Waals surface area contributed by atoms with E-state index in [-0.39, 0.29) is 6.42 Å². The van der Waals surface area contributed by atoms with Crippen LogP contribution in [0.3, 0.4) is 0 Å². The Kier molecular flexibility index (Phi) is 8.66. The van der Waals surface area contributed by atoms with E-state index < -0.39 is 42.6 Å². The molecule has 27 heavy (non-hydrogen) atoms. The minimum Gasteiger partial charge on any atom is -0.462 e. The maximum absolute atomic E-state index is 12.5. The van der Waals surface area contributed by atoms with Crippen LogP contribution in [0.5, 0.6) is 5.75 Å². The highest BCUT2D eigenvalue weighted by molar-refractivity contribution is 5.88. The Bertz CT molecular complexity index is 565. The van der Waals surface area contributed by atoms with Crippen molar-refractivity contribution in [3.63, 3.8) is 0 Å². The second-order valence-electron chi connectivity index (χ2n) is 6.95. The van der Waals surface area contributed by atoms with Gasteiger partial charge in [0, 0.05) is 0 Å². The second-order valence-corrected chi connectivity index (χ2v) is 6.95. The number of hydrogen-bond donors (Lipinski definition) is 4. The van der Waals surface area contributed by atoms with Crippen LogP contribution in [0.1, 0.15) is 45.4 Å². The van der Waals surface area contributed by atoms with Crippen LogP contribution in [0.25, 0.3) is 0 Å². The number of carbonyl (C=O) groups is 1. The highest BCUT2D eigenvalue weighted by atomic mass is 16.7. The molecular formula is C20H30O7. The molecule has 7 heteroatoms. The number of carbonyl (C=O) groups excluding carboxylic acids is 1. The number of hydrogen-bond acceptors (Lipinski definition) is 7. The molecule has 1 fully saturated rings. The maximum atomic E-state index is 12.5. The molecule has 152 valence electrons. The van der Waals surface area contributed by atoms with Crippen LogP contribution in [0, 0.1) is 0 Å². The van der Waals surface area contributed by atoms with Crippen LogP contribution in [-0.2, 0) is 9.53 Å². The summed E-state index contributed by atoms with van der Waals surface area (Å²) in [4.78, 5) is 12.5. The summed E-state index contributed by atoms with van der Waals surface area (Å²) in [6.45, 7) is 2.11. The van der Waals surface area contributed by atoms with Gasteiger partial charge in [-0.15, -0.1) is 0 Å². The third kappa shape index (κ3) is 5.99. The van der Waals surface area contributed by atoms with E-state index in [1.165, 1.54) is 0 Å². The van der Waals surface area contributed by atoms with E-state index in [0.717, 1.165) is 25.7 Å². The van der Waals surface area contributed by atoms with Gasteiger partial charge in [0.1, 0.15) is 30.2 Å². The van der Waals surface area contributed by atoms with Crippen molar-refractivity contribution >= 4 is 5.78 Å². The summed E-state index contributed by atoms with van der Waals surface area (Å²) < 4.78 is 10.9. The average Bonchev–Trinajstić information content (AvgIpc) is 2.68. The van der Waals surface area contributed by atoms with Gasteiger partial charge >= 0.3 is 0 Å². The fourth-order valence-electron chi connectivity index (χ4n) is 3.09. The summed E-state index contributed by atoms with van der Waals surface area (Å²) >= 11 is 0. The summed E-state index contributed by atoms with van der Waals surface area (Å²) in [5.41, 5.74) is 0. The SMILES string of the molecule is CCCCCCCC(O)C(=O)[C@H]1O[C@H](Oc2ccccc2)[C@H](O)[C@@H](O)[C@@H]1O. The van der Waals surface area contributed by atoms with Crippen LogP contribution < -0.4 is 4.74 Å². The number of para-hydroxylation sites is 1. The molecule has 1 heterocycles. The van der Waals surface area contributed by atoms with Crippen molar-refractivity contribution < 1.29 is 34.7 Å². The molecule has 7 nitrogen and oxygen atoms in total. The number of aliphatic hydroxyl groups excluding tert-OH is 4. The average molecular weight is 382 g/mol. The highest BCUT2D eigenvalue weighted by Gasteiger charge is 2.48. The molecule has 0 bridgehead atoms. The molecular weight excluding hydrogens is 352 g/mol. The van der Waals surface area contributed by atoms with Crippen LogP contribution in [0.15, 0.2) is 30.3 Å². The molecule has 1 unspecified atom stereocenters. The van der Waals surface area contributed by atoms with E-state index in [4.69, 9.17) is 9.47 Å². The van der Waals surface area contributed by atoms with Gasteiger partial charge in [0.15, 0.2) is 11.9 Å². The lowest BCUT2D eigenvalue weighted by Crippen LogP contribution is -2.62. The summed E-state index contributed by atoms with van der Waals surface area (Å²) in [5, 5.41) is 40.4. The molecule has 1 aromatic carbocycles. The van der Waals surface area contributed by atoms with Gasteiger partial charge in [-0.3, -0.25) is 4.79 Å². The summed E-state index contributed by atoms with van der Waals surface area (Å²) in [7, 11) is 0. The number of ether oxygens (including phenoxy) is 2. The molecule has 0 radical (unpaired) electrons. The molecule has 1 aliphatic heterocycles. The van der Waals surface area contributed by atoms with Crippen molar-refractivity contribution in [2.45, 2.75) is 82.3 Å². The Balaban J connectivity index is 1.96. The Hall–Kier alpha value is -1.51. The number of ketones is 1. The number of unbranched alkanes of at least 4 members (excludes halogenated alkanes) is 4. The predicted octanol–water partition coefficient (Wildman–Crippen LogP) is 1.16. The van der Waals surface area contributed by atoms with Gasteiger partial charge in [-0.2, -0.15) is 0 Å². The molecule has 1 aliphatic rings. The largest absolute Gasteiger partial charge is 0.462 e. The third-order valence-corrected chi connectivity index (χ3v) is 4.75. The molecule has 6 atom stereocenters. The van der Waals surface area contributed by atoms with Gasteiger partial charge < -0.3 is 29.9 Å². The van der Waals surface area contributed by atoms with E-state index in [1.807, 2.05) is 0 Å². The van der Waals surface area contributed by atoms with Crippen molar-refractivity contribution in [2.24, 2.45) is 0 Å². The maximum Gasteiger partial charge on any atom is 0.229 e. The van der Waals surface area contributed by atoms with Gasteiger partial charge in [-0.1, -0.05) is 57.2 Å². The molecule has 4 N–H and O–H groups in total. The minimum atomic E-state index is -1.64. The van der Waals surface area contributed by atoms with Crippen molar-refractivity contribution in [1.29, 1.82) is 0 Å². The first kappa shape index (κ1) is 21.8. The van der Waals surface area contributed by atoms with Crippen LogP contribution >= 0.6 is 0 Å². The van der Waals surface area contributed by atoms with Gasteiger partial charge in [-0.25, -0.2) is 0 Å². The second kappa shape index (κ2) is 10.7. The first-order valence-corrected chi connectivity index (χ1v) is 9.58. The summed E-state index contributed by atoms with van der Waals surface area (Å²) in [5.74, 6) is -0.335. The lowest BCUT2D eigenvalue weighted by molar-refractivity contribution is -0.267. The molecule has 0 aromatic heterocycles. The molecule has 0 amide bonds. The van der Waals surface area contributed by atoms with Crippen molar-refractivity contribution in [1.82, 2.24) is 0 Å². The first-order chi connectivity index (χ1) is 13.0. The number of Topliss-reactive ketones (excluding diaryl/α,β-unsaturated/α-hetero) is 1. The van der Waals surface area contributed by atoms with Crippen molar-refractivity contribution in [3.05, 3.63) is 30.3 Å². The topological polar surface area (TPSA) is 116 Å². The van der Waals surface area contributed by atoms with Crippen molar-refractivity contribution in [3.8, 4) is 5.75 Å². The Labute approximate surface area is 159 Å². The van der Waals surface area contributed by atoms with Gasteiger partial charge in [0.05, 0.1) is 0 Å². The predicted molar refractivity (Wildman–Crippen MR) is 98.1 cm³/mol. The van der Waals surface area contributed by atoms with Crippen LogP contribution in [-0.4, -0.2) is 63.0 Å². The van der Waals surface area contributed by atoms with Crippen LogP contribution in [0.2, 0.25) is 0 Å². The number of aliphatic hydroxyl groups is 4. The first-order valence-electron chi connectivity index (χ1n) is 9.58. The molecule has 1 aromatic rings. The Morgan fingerprint density at radius 1 is 1.04 bits per heavy atom. The van der Waals surface area contributed by atoms with Gasteiger partial charge in [0.25, 0.3) is 0 Å². The molecule has 1 saturated heterocycles. The minimum absolute atomic E-state index is 0.262. The smallest absolute Gasteiger partial charge is 0.229 e. The lowest BCUT2D eigenvalue weighted by atomic mass is 9.92. The third-order valence-electron chi connectivity index (χ3n) is 4.75. The standard InChI is InChI=1S/C20H30O7/c1-2-3-4-5-9-12-14(21)15(22)19-17(24)16(23)18(25)20(27-19)26-13-10-7-6-8-11-13/h6-8,10-11,14,16-21,23-25H,2-5,9,12H2,1H3/t14?,16-,17-,18+,19+,20-/m0/s1. The number of rotatable bonds is 10. The van der Waals surface area contributed by atoms with E-state index in [2.05, 4.69) is 6.92 Å². The summed E-state index contributed by atoms with van der Waals surface area (Å²) in [6.07, 6.45) is -3.80. The zero-order valence-electron chi connectivity index (χ0n) is 15.6. The van der Waals surface area contributed by atoms with E-state index in [1.54, 1.807) is 30.3 Å². The highest BCUT2D eigenvalue weighted by Crippen LogP contribution is 2.26. The number of benzene rings is 1. The fraction of sp³-hybridized carbons (Fsp3) is 0.650. The Morgan fingerprint density at radius 3 is 2.37 bits per heavy atom. The molecule has 0 aliphatic carbocycles. The molecule has 0 spiro atoms. The van der Waals surface area contributed by atoms with E-state index >= 15 is 0 Å². The van der Waals surface area contributed by atoms with Gasteiger partial charge in [-0.05, 0) is 18.6 Å². The van der Waals surface area contributed by atoms with Gasteiger partial charge in [0.2, 0.25) is 6.29 Å². The lowest BCUT2D eigenvalue weighted by Gasteiger charge is -2.40. The van der Waals surface area contributed by atoms with E-state index in [0.29, 0.717) is 12.2 Å². The van der Waals surface area contributed by atoms with Crippen molar-refractivity contribution in [2.75, 3.05) is 0 Å². The zero-order chi connectivity index (χ0) is 19.8. The quantitative estimate of drug-likeness (QED) is 0.449. The monoisotopic (exact) mass is 382 g/mol. The Morgan fingerprint density at radius 2 is 1.70 bits per heavy atom. The van der Waals surface area contributed by atoms with Crippen LogP contribution in [0.4, 0.5) is 0 Å². The molecule has 0 saturated carbocycles. The fourth-order valence-corrected chi connectivity index (χ4v) is 3.09. The normalized spacial score (nSPS) is 29.3.